The molecule has 0 aliphatic rings. The summed E-state index contributed by atoms with van der Waals surface area (Å²) in [6, 6.07) is -0.110. The molecule has 4 heteroatoms. The zero-order chi connectivity index (χ0) is 8.43. The topological polar surface area (TPSA) is 52.0 Å². The molecule has 0 saturated carbocycles. The van der Waals surface area contributed by atoms with Crippen molar-refractivity contribution < 1.29 is 0 Å². The fourth-order valence-electron chi connectivity index (χ4n) is 0.807. The Hall–Kier alpha value is -0.0900. The molecule has 0 aromatic carbocycles. The minimum atomic E-state index is -0.110. The van der Waals surface area contributed by atoms with Crippen molar-refractivity contribution in [2.24, 2.45) is 11.5 Å². The first-order chi connectivity index (χ1) is 5.16. The van der Waals surface area contributed by atoms with E-state index in [4.69, 9.17) is 23.1 Å². The zero-order valence-electron chi connectivity index (χ0n) is 6.30. The highest BCUT2D eigenvalue weighted by molar-refractivity contribution is 7.10. The number of halogens is 1. The van der Waals surface area contributed by atoms with Crippen molar-refractivity contribution in [3.8, 4) is 0 Å². The molecule has 1 heterocycles. The van der Waals surface area contributed by atoms with Crippen molar-refractivity contribution in [1.29, 1.82) is 0 Å². The molecular weight excluding hydrogens is 180 g/mol. The van der Waals surface area contributed by atoms with Gasteiger partial charge in [-0.05, 0) is 17.9 Å². The molecule has 0 aliphatic heterocycles. The largest absolute Gasteiger partial charge is 0.329 e. The SMILES string of the molecule is Cc1csc([C@@H](N)CN)c1Cl. The second kappa shape index (κ2) is 3.54. The third-order valence-corrected chi connectivity index (χ3v) is 3.36. The Morgan fingerprint density at radius 3 is 2.73 bits per heavy atom. The van der Waals surface area contributed by atoms with E-state index in [2.05, 4.69) is 0 Å². The summed E-state index contributed by atoms with van der Waals surface area (Å²) in [5.41, 5.74) is 12.2. The number of rotatable bonds is 2. The van der Waals surface area contributed by atoms with Crippen molar-refractivity contribution in [3.05, 3.63) is 20.8 Å². The molecule has 4 N–H and O–H groups in total. The molecule has 62 valence electrons. The average molecular weight is 191 g/mol. The lowest BCUT2D eigenvalue weighted by Gasteiger charge is -2.05. The minimum absolute atomic E-state index is 0.110. The number of hydrogen-bond donors (Lipinski definition) is 2. The van der Waals surface area contributed by atoms with Crippen molar-refractivity contribution in [1.82, 2.24) is 0 Å². The number of aryl methyl sites for hydroxylation is 1. The summed E-state index contributed by atoms with van der Waals surface area (Å²) in [5.74, 6) is 0. The predicted octanol–water partition coefficient (Wildman–Crippen LogP) is 1.67. The van der Waals surface area contributed by atoms with E-state index in [1.54, 1.807) is 11.3 Å². The Bertz CT molecular complexity index is 247. The van der Waals surface area contributed by atoms with E-state index in [1.807, 2.05) is 12.3 Å². The summed E-state index contributed by atoms with van der Waals surface area (Å²) in [6.45, 7) is 2.41. The molecule has 0 fully saturated rings. The number of nitrogens with two attached hydrogens (primary N) is 2. The van der Waals surface area contributed by atoms with Gasteiger partial charge < -0.3 is 11.5 Å². The van der Waals surface area contributed by atoms with Gasteiger partial charge in [-0.1, -0.05) is 11.6 Å². The lowest BCUT2D eigenvalue weighted by atomic mass is 10.2. The van der Waals surface area contributed by atoms with E-state index in [0.29, 0.717) is 6.54 Å². The maximum atomic E-state index is 5.96. The Labute approximate surface area is 75.1 Å². The van der Waals surface area contributed by atoms with Crippen molar-refractivity contribution in [2.75, 3.05) is 6.54 Å². The van der Waals surface area contributed by atoms with Gasteiger partial charge in [0.1, 0.15) is 0 Å². The van der Waals surface area contributed by atoms with E-state index in [-0.39, 0.29) is 6.04 Å². The highest BCUT2D eigenvalue weighted by Gasteiger charge is 2.11. The Morgan fingerprint density at radius 2 is 2.36 bits per heavy atom. The second-order valence-electron chi connectivity index (χ2n) is 2.44. The third-order valence-electron chi connectivity index (χ3n) is 1.52. The van der Waals surface area contributed by atoms with Crippen LogP contribution in [0.1, 0.15) is 16.5 Å². The van der Waals surface area contributed by atoms with Crippen LogP contribution in [-0.4, -0.2) is 6.54 Å². The van der Waals surface area contributed by atoms with Crippen molar-refractivity contribution in [2.45, 2.75) is 13.0 Å². The molecule has 11 heavy (non-hydrogen) atoms. The van der Waals surface area contributed by atoms with Gasteiger partial charge in [-0.3, -0.25) is 0 Å². The van der Waals surface area contributed by atoms with Gasteiger partial charge in [0.2, 0.25) is 0 Å². The lowest BCUT2D eigenvalue weighted by molar-refractivity contribution is 0.751. The van der Waals surface area contributed by atoms with Gasteiger partial charge in [-0.15, -0.1) is 11.3 Å². The summed E-state index contributed by atoms with van der Waals surface area (Å²) in [4.78, 5) is 0.992. The molecule has 0 saturated heterocycles. The smallest absolute Gasteiger partial charge is 0.0590 e. The average Bonchev–Trinajstić information content (AvgIpc) is 2.32. The molecular formula is C7H11ClN2S. The normalized spacial score (nSPS) is 13.5. The standard InChI is InChI=1S/C7H11ClN2S/c1-4-3-11-7(6(4)8)5(10)2-9/h3,5H,2,9-10H2,1H3/t5-/m0/s1. The molecule has 0 aliphatic carbocycles. The van der Waals surface area contributed by atoms with Gasteiger partial charge in [0.15, 0.2) is 0 Å². The summed E-state index contributed by atoms with van der Waals surface area (Å²) >= 11 is 7.53. The molecule has 1 rings (SSSR count). The van der Waals surface area contributed by atoms with Gasteiger partial charge in [-0.2, -0.15) is 0 Å². The van der Waals surface area contributed by atoms with Crippen LogP contribution in [0.25, 0.3) is 0 Å². The highest BCUT2D eigenvalue weighted by atomic mass is 35.5. The lowest BCUT2D eigenvalue weighted by Crippen LogP contribution is -2.19. The van der Waals surface area contributed by atoms with Crippen LogP contribution in [-0.2, 0) is 0 Å². The molecule has 0 unspecified atom stereocenters. The van der Waals surface area contributed by atoms with E-state index < -0.39 is 0 Å². The van der Waals surface area contributed by atoms with Crippen LogP contribution >= 0.6 is 22.9 Å². The van der Waals surface area contributed by atoms with Gasteiger partial charge >= 0.3 is 0 Å². The minimum Gasteiger partial charge on any atom is -0.329 e. The van der Waals surface area contributed by atoms with Crippen LogP contribution < -0.4 is 11.5 Å². The molecule has 0 radical (unpaired) electrons. The first-order valence-electron chi connectivity index (χ1n) is 3.36. The fraction of sp³-hybridized carbons (Fsp3) is 0.429. The molecule has 1 aromatic heterocycles. The monoisotopic (exact) mass is 190 g/mol. The quantitative estimate of drug-likeness (QED) is 0.746. The Morgan fingerprint density at radius 1 is 1.73 bits per heavy atom. The maximum absolute atomic E-state index is 5.96. The maximum Gasteiger partial charge on any atom is 0.0590 e. The number of thiophene rings is 1. The van der Waals surface area contributed by atoms with Gasteiger partial charge in [0.25, 0.3) is 0 Å². The van der Waals surface area contributed by atoms with Crippen LogP contribution in [0.4, 0.5) is 0 Å². The van der Waals surface area contributed by atoms with Gasteiger partial charge in [-0.25, -0.2) is 0 Å². The fourth-order valence-corrected chi connectivity index (χ4v) is 2.16. The second-order valence-corrected chi connectivity index (χ2v) is 3.73. The van der Waals surface area contributed by atoms with Crippen LogP contribution in [0.5, 0.6) is 0 Å². The Kier molecular flexibility index (Phi) is 2.90. The van der Waals surface area contributed by atoms with Gasteiger partial charge in [0, 0.05) is 11.4 Å². The summed E-state index contributed by atoms with van der Waals surface area (Å²) < 4.78 is 0. The molecule has 1 atom stereocenters. The summed E-state index contributed by atoms with van der Waals surface area (Å²) in [7, 11) is 0. The van der Waals surface area contributed by atoms with Crippen molar-refractivity contribution in [3.63, 3.8) is 0 Å². The molecule has 0 spiro atoms. The van der Waals surface area contributed by atoms with E-state index >= 15 is 0 Å². The van der Waals surface area contributed by atoms with Crippen LogP contribution in [0.3, 0.4) is 0 Å². The Balaban J connectivity index is 2.94. The van der Waals surface area contributed by atoms with E-state index in [1.165, 1.54) is 0 Å². The van der Waals surface area contributed by atoms with Crippen LogP contribution in [0, 0.1) is 6.92 Å². The van der Waals surface area contributed by atoms with E-state index in [9.17, 15) is 0 Å². The number of hydrogen-bond acceptors (Lipinski definition) is 3. The predicted molar refractivity (Wildman–Crippen MR) is 50.0 cm³/mol. The first-order valence-corrected chi connectivity index (χ1v) is 4.61. The van der Waals surface area contributed by atoms with E-state index in [0.717, 1.165) is 15.5 Å². The molecule has 1 aromatic rings. The molecule has 0 bridgehead atoms. The highest BCUT2D eigenvalue weighted by Crippen LogP contribution is 2.30. The van der Waals surface area contributed by atoms with Crippen molar-refractivity contribution >= 4 is 22.9 Å². The van der Waals surface area contributed by atoms with Gasteiger partial charge in [0.05, 0.1) is 11.1 Å². The zero-order valence-corrected chi connectivity index (χ0v) is 7.88. The molecule has 2 nitrogen and oxygen atoms in total. The first kappa shape index (κ1) is 9.00. The third kappa shape index (κ3) is 1.73. The summed E-state index contributed by atoms with van der Waals surface area (Å²) in [5, 5.41) is 2.76. The van der Waals surface area contributed by atoms with Crippen LogP contribution in [0.2, 0.25) is 5.02 Å². The molecule has 0 amide bonds. The van der Waals surface area contributed by atoms with Crippen LogP contribution in [0.15, 0.2) is 5.38 Å². The summed E-state index contributed by atoms with van der Waals surface area (Å²) in [6.07, 6.45) is 0.